The molecule has 1 aromatic rings. The van der Waals surface area contributed by atoms with Crippen molar-refractivity contribution in [2.45, 2.75) is 12.6 Å². The number of β-amino-alcohol motifs (C(OH)–C–C–N with tert-alkyl or cyclic N) is 1. The average molecular weight is 266 g/mol. The maximum Gasteiger partial charge on any atom is 0.161 e. The summed E-state index contributed by atoms with van der Waals surface area (Å²) in [6.45, 7) is 3.13. The molecule has 19 heavy (non-hydrogen) atoms. The number of hydrogen-bond acceptors (Lipinski definition) is 5. The highest BCUT2D eigenvalue weighted by molar-refractivity contribution is 5.42. The Balaban J connectivity index is 1.85. The minimum Gasteiger partial charge on any atom is -0.493 e. The minimum absolute atomic E-state index is 0.238. The van der Waals surface area contributed by atoms with Crippen molar-refractivity contribution in [3.8, 4) is 11.5 Å². The van der Waals surface area contributed by atoms with Gasteiger partial charge in [0.15, 0.2) is 11.5 Å². The summed E-state index contributed by atoms with van der Waals surface area (Å²) >= 11 is 0. The second-order valence-electron chi connectivity index (χ2n) is 4.81. The fourth-order valence-electron chi connectivity index (χ4n) is 2.32. The lowest BCUT2D eigenvalue weighted by Gasteiger charge is -2.15. The van der Waals surface area contributed by atoms with E-state index in [2.05, 4.69) is 10.6 Å². The van der Waals surface area contributed by atoms with Gasteiger partial charge in [-0.15, -0.1) is 0 Å². The second-order valence-corrected chi connectivity index (χ2v) is 4.81. The van der Waals surface area contributed by atoms with E-state index in [9.17, 15) is 5.11 Å². The van der Waals surface area contributed by atoms with Crippen LogP contribution in [0.4, 0.5) is 0 Å². The molecule has 2 rings (SSSR count). The molecule has 1 heterocycles. The van der Waals surface area contributed by atoms with Crippen molar-refractivity contribution in [3.63, 3.8) is 0 Å². The number of methoxy groups -OCH3 is 2. The zero-order chi connectivity index (χ0) is 13.7. The van der Waals surface area contributed by atoms with Crippen LogP contribution < -0.4 is 20.1 Å². The highest BCUT2D eigenvalue weighted by Gasteiger charge is 2.23. The predicted octanol–water partition coefficient (Wildman–Crippen LogP) is 0.374. The van der Waals surface area contributed by atoms with E-state index in [1.165, 1.54) is 0 Å². The molecule has 2 unspecified atom stereocenters. The molecular weight excluding hydrogens is 244 g/mol. The number of aliphatic hydroxyl groups is 1. The SMILES string of the molecule is COc1ccc(CNCC2CNCC2O)cc1OC. The topological polar surface area (TPSA) is 62.8 Å². The van der Waals surface area contributed by atoms with Crippen LogP contribution >= 0.6 is 0 Å². The normalized spacial score (nSPS) is 22.5. The molecule has 0 aromatic heterocycles. The van der Waals surface area contributed by atoms with E-state index < -0.39 is 0 Å². The molecule has 5 nitrogen and oxygen atoms in total. The van der Waals surface area contributed by atoms with E-state index in [1.54, 1.807) is 14.2 Å². The van der Waals surface area contributed by atoms with E-state index in [0.29, 0.717) is 12.5 Å². The lowest BCUT2D eigenvalue weighted by Crippen LogP contribution is -2.30. The van der Waals surface area contributed by atoms with Crippen LogP contribution in [0.2, 0.25) is 0 Å². The average Bonchev–Trinajstić information content (AvgIpc) is 2.84. The Morgan fingerprint density at radius 2 is 2.05 bits per heavy atom. The van der Waals surface area contributed by atoms with E-state index in [-0.39, 0.29) is 6.10 Å². The lowest BCUT2D eigenvalue weighted by atomic mass is 10.1. The number of rotatable bonds is 6. The van der Waals surface area contributed by atoms with Gasteiger partial charge in [0, 0.05) is 32.1 Å². The molecule has 1 fully saturated rings. The Labute approximate surface area is 113 Å². The fraction of sp³-hybridized carbons (Fsp3) is 0.571. The van der Waals surface area contributed by atoms with Crippen molar-refractivity contribution in [2.24, 2.45) is 5.92 Å². The molecular formula is C14H22N2O3. The summed E-state index contributed by atoms with van der Waals surface area (Å²) in [5, 5.41) is 16.2. The minimum atomic E-state index is -0.238. The Bertz CT molecular complexity index is 412. The van der Waals surface area contributed by atoms with Gasteiger partial charge in [0.2, 0.25) is 0 Å². The standard InChI is InChI=1S/C14H22N2O3/c1-18-13-4-3-10(5-14(13)19-2)6-15-7-11-8-16-9-12(11)17/h3-5,11-12,15-17H,6-9H2,1-2H3. The first-order chi connectivity index (χ1) is 9.24. The summed E-state index contributed by atoms with van der Waals surface area (Å²) in [4.78, 5) is 0. The molecule has 0 saturated carbocycles. The molecule has 106 valence electrons. The van der Waals surface area contributed by atoms with Crippen LogP contribution in [0.1, 0.15) is 5.56 Å². The summed E-state index contributed by atoms with van der Waals surface area (Å²) in [7, 11) is 3.26. The molecule has 5 heteroatoms. The van der Waals surface area contributed by atoms with Crippen molar-refractivity contribution < 1.29 is 14.6 Å². The molecule has 1 aromatic carbocycles. The van der Waals surface area contributed by atoms with Crippen molar-refractivity contribution in [1.82, 2.24) is 10.6 Å². The summed E-state index contributed by atoms with van der Waals surface area (Å²) < 4.78 is 10.5. The van der Waals surface area contributed by atoms with Crippen LogP contribution in [0.25, 0.3) is 0 Å². The molecule has 0 radical (unpaired) electrons. The van der Waals surface area contributed by atoms with Gasteiger partial charge in [0.25, 0.3) is 0 Å². The molecule has 1 aliphatic heterocycles. The number of aliphatic hydroxyl groups excluding tert-OH is 1. The summed E-state index contributed by atoms with van der Waals surface area (Å²) in [5.41, 5.74) is 1.14. The largest absolute Gasteiger partial charge is 0.493 e. The molecule has 3 N–H and O–H groups in total. The summed E-state index contributed by atoms with van der Waals surface area (Å²) in [6, 6.07) is 5.88. The number of benzene rings is 1. The van der Waals surface area contributed by atoms with Crippen LogP contribution in [0.5, 0.6) is 11.5 Å². The monoisotopic (exact) mass is 266 g/mol. The maximum absolute atomic E-state index is 9.70. The van der Waals surface area contributed by atoms with Gasteiger partial charge in [-0.05, 0) is 17.7 Å². The quantitative estimate of drug-likeness (QED) is 0.694. The number of nitrogens with one attached hydrogen (secondary N) is 2. The third-order valence-corrected chi connectivity index (χ3v) is 3.49. The van der Waals surface area contributed by atoms with Gasteiger partial charge in [-0.1, -0.05) is 6.07 Å². The van der Waals surface area contributed by atoms with E-state index in [4.69, 9.17) is 9.47 Å². The maximum atomic E-state index is 9.70. The van der Waals surface area contributed by atoms with Crippen LogP contribution in [0.15, 0.2) is 18.2 Å². The van der Waals surface area contributed by atoms with Crippen LogP contribution in [0.3, 0.4) is 0 Å². The first-order valence-corrected chi connectivity index (χ1v) is 6.55. The molecule has 0 spiro atoms. The van der Waals surface area contributed by atoms with Crippen molar-refractivity contribution in [3.05, 3.63) is 23.8 Å². The first-order valence-electron chi connectivity index (χ1n) is 6.55. The molecule has 0 amide bonds. The van der Waals surface area contributed by atoms with Crippen molar-refractivity contribution >= 4 is 0 Å². The van der Waals surface area contributed by atoms with Gasteiger partial charge in [0.05, 0.1) is 20.3 Å². The van der Waals surface area contributed by atoms with Gasteiger partial charge in [-0.25, -0.2) is 0 Å². The van der Waals surface area contributed by atoms with Crippen LogP contribution in [-0.4, -0.2) is 45.1 Å². The van der Waals surface area contributed by atoms with Gasteiger partial charge in [-0.2, -0.15) is 0 Å². The van der Waals surface area contributed by atoms with Gasteiger partial charge < -0.3 is 25.2 Å². The Morgan fingerprint density at radius 3 is 2.68 bits per heavy atom. The van der Waals surface area contributed by atoms with Crippen molar-refractivity contribution in [1.29, 1.82) is 0 Å². The van der Waals surface area contributed by atoms with E-state index in [1.807, 2.05) is 18.2 Å². The zero-order valence-corrected chi connectivity index (χ0v) is 11.5. The van der Waals surface area contributed by atoms with E-state index >= 15 is 0 Å². The van der Waals surface area contributed by atoms with Crippen LogP contribution in [0, 0.1) is 5.92 Å². The smallest absolute Gasteiger partial charge is 0.161 e. The molecule has 0 aliphatic carbocycles. The second kappa shape index (κ2) is 6.75. The summed E-state index contributed by atoms with van der Waals surface area (Å²) in [6.07, 6.45) is -0.238. The number of ether oxygens (including phenoxy) is 2. The lowest BCUT2D eigenvalue weighted by molar-refractivity contribution is 0.146. The Kier molecular flexibility index (Phi) is 5.01. The van der Waals surface area contributed by atoms with Gasteiger partial charge in [-0.3, -0.25) is 0 Å². The highest BCUT2D eigenvalue weighted by Crippen LogP contribution is 2.27. The highest BCUT2D eigenvalue weighted by atomic mass is 16.5. The number of hydrogen-bond donors (Lipinski definition) is 3. The molecule has 1 aliphatic rings. The zero-order valence-electron chi connectivity index (χ0n) is 11.5. The molecule has 1 saturated heterocycles. The predicted molar refractivity (Wildman–Crippen MR) is 73.6 cm³/mol. The van der Waals surface area contributed by atoms with Gasteiger partial charge in [0.1, 0.15) is 0 Å². The third-order valence-electron chi connectivity index (χ3n) is 3.49. The fourth-order valence-corrected chi connectivity index (χ4v) is 2.32. The molecule has 2 atom stereocenters. The van der Waals surface area contributed by atoms with Crippen molar-refractivity contribution in [2.75, 3.05) is 33.9 Å². The van der Waals surface area contributed by atoms with Gasteiger partial charge >= 0.3 is 0 Å². The molecule has 0 bridgehead atoms. The Morgan fingerprint density at radius 1 is 1.26 bits per heavy atom. The van der Waals surface area contributed by atoms with Crippen LogP contribution in [-0.2, 0) is 6.54 Å². The summed E-state index contributed by atoms with van der Waals surface area (Å²) in [5.74, 6) is 1.77. The first kappa shape index (κ1) is 14.1. The Hall–Kier alpha value is -1.30. The third kappa shape index (κ3) is 3.59. The van der Waals surface area contributed by atoms with E-state index in [0.717, 1.165) is 36.7 Å².